The normalized spacial score (nSPS) is 35.5. The van der Waals surface area contributed by atoms with E-state index < -0.39 is 8.07 Å². The quantitative estimate of drug-likeness (QED) is 0.407. The third-order valence-electron chi connectivity index (χ3n) is 4.18. The second-order valence-corrected chi connectivity index (χ2v) is 11.0. The predicted octanol–water partition coefficient (Wildman–Crippen LogP) is 3.06. The summed E-state index contributed by atoms with van der Waals surface area (Å²) in [5.74, 6) is 4.45. The molecular weight excluding hydrogens is 172 g/mol. The Kier molecular flexibility index (Phi) is 1.19. The molecular formula is C12H18Si. The van der Waals surface area contributed by atoms with Crippen LogP contribution in [0.5, 0.6) is 0 Å². The molecule has 0 aliphatic heterocycles. The first-order chi connectivity index (χ1) is 6.00. The molecule has 13 heavy (non-hydrogen) atoms. The standard InChI is InChI=1S/C12H18Si/c1-13(2,3)9-4-10-11(5-6-11)12(10)7-8-12/h10H,5-8H2,1-3H3. The number of rotatable bonds is 0. The highest BCUT2D eigenvalue weighted by Gasteiger charge is 2.86. The molecule has 0 aromatic carbocycles. The van der Waals surface area contributed by atoms with Gasteiger partial charge in [-0.3, -0.25) is 0 Å². The lowest BCUT2D eigenvalue weighted by Crippen LogP contribution is -2.16. The van der Waals surface area contributed by atoms with E-state index in [-0.39, 0.29) is 0 Å². The first-order valence-corrected chi connectivity index (χ1v) is 9.03. The molecule has 0 bridgehead atoms. The highest BCUT2D eigenvalue weighted by molar-refractivity contribution is 6.83. The zero-order chi connectivity index (χ0) is 9.32. The van der Waals surface area contributed by atoms with E-state index in [2.05, 4.69) is 31.1 Å². The summed E-state index contributed by atoms with van der Waals surface area (Å²) in [5, 5.41) is 0. The molecule has 0 nitrogen and oxygen atoms in total. The Hall–Kier alpha value is -0.223. The van der Waals surface area contributed by atoms with Crippen molar-refractivity contribution in [2.75, 3.05) is 0 Å². The van der Waals surface area contributed by atoms with Crippen molar-refractivity contribution in [3.63, 3.8) is 0 Å². The first kappa shape index (κ1) is 8.12. The monoisotopic (exact) mass is 190 g/mol. The van der Waals surface area contributed by atoms with E-state index in [0.29, 0.717) is 0 Å². The van der Waals surface area contributed by atoms with Crippen molar-refractivity contribution in [1.29, 1.82) is 0 Å². The van der Waals surface area contributed by atoms with Crippen LogP contribution in [-0.2, 0) is 0 Å². The van der Waals surface area contributed by atoms with Crippen molar-refractivity contribution in [3.8, 4) is 11.5 Å². The van der Waals surface area contributed by atoms with Crippen molar-refractivity contribution >= 4 is 8.07 Å². The Morgan fingerprint density at radius 1 is 1.00 bits per heavy atom. The van der Waals surface area contributed by atoms with Crippen LogP contribution in [0.1, 0.15) is 25.7 Å². The third-order valence-corrected chi connectivity index (χ3v) is 5.08. The van der Waals surface area contributed by atoms with Gasteiger partial charge in [0.15, 0.2) is 0 Å². The smallest absolute Gasteiger partial charge is 0.129 e. The van der Waals surface area contributed by atoms with Crippen LogP contribution in [0.25, 0.3) is 0 Å². The Bertz CT molecular complexity index is 297. The van der Waals surface area contributed by atoms with Gasteiger partial charge in [0.2, 0.25) is 0 Å². The van der Waals surface area contributed by atoms with E-state index in [0.717, 1.165) is 16.7 Å². The predicted molar refractivity (Wildman–Crippen MR) is 57.9 cm³/mol. The fourth-order valence-corrected chi connectivity index (χ4v) is 3.72. The largest absolute Gasteiger partial charge is 0.132 e. The maximum absolute atomic E-state index is 3.61. The van der Waals surface area contributed by atoms with E-state index >= 15 is 0 Å². The van der Waals surface area contributed by atoms with Crippen LogP contribution in [0, 0.1) is 28.2 Å². The van der Waals surface area contributed by atoms with Crippen LogP contribution in [0.15, 0.2) is 0 Å². The fraction of sp³-hybridized carbons (Fsp3) is 0.833. The van der Waals surface area contributed by atoms with Crippen LogP contribution < -0.4 is 0 Å². The summed E-state index contributed by atoms with van der Waals surface area (Å²) in [4.78, 5) is 0. The summed E-state index contributed by atoms with van der Waals surface area (Å²) in [7, 11) is -1.11. The minimum Gasteiger partial charge on any atom is -0.132 e. The number of hydrogen-bond donors (Lipinski definition) is 0. The van der Waals surface area contributed by atoms with E-state index in [1.807, 2.05) is 0 Å². The van der Waals surface area contributed by atoms with Crippen LogP contribution >= 0.6 is 0 Å². The van der Waals surface area contributed by atoms with Crippen LogP contribution in [-0.4, -0.2) is 8.07 Å². The van der Waals surface area contributed by atoms with E-state index in [1.165, 1.54) is 25.7 Å². The van der Waals surface area contributed by atoms with Crippen LogP contribution in [0.3, 0.4) is 0 Å². The maximum Gasteiger partial charge on any atom is 0.129 e. The summed E-state index contributed by atoms with van der Waals surface area (Å²) in [5.41, 5.74) is 5.15. The lowest BCUT2D eigenvalue weighted by molar-refractivity contribution is 0.716. The van der Waals surface area contributed by atoms with Gasteiger partial charge in [0.05, 0.1) is 0 Å². The van der Waals surface area contributed by atoms with E-state index in [9.17, 15) is 0 Å². The second kappa shape index (κ2) is 1.91. The number of fused-ring (bicyclic) bond motifs is 1. The molecule has 0 N–H and O–H groups in total. The van der Waals surface area contributed by atoms with Crippen molar-refractivity contribution < 1.29 is 0 Å². The minimum absolute atomic E-state index is 0.791. The molecule has 0 aromatic heterocycles. The summed E-state index contributed by atoms with van der Waals surface area (Å²) in [6, 6.07) is 0. The maximum atomic E-state index is 3.61. The van der Waals surface area contributed by atoms with Crippen molar-refractivity contribution in [2.45, 2.75) is 45.3 Å². The summed E-state index contributed by atoms with van der Waals surface area (Å²) in [6.45, 7) is 7.05. The molecule has 2 spiro atoms. The Morgan fingerprint density at radius 2 is 1.46 bits per heavy atom. The zero-order valence-electron chi connectivity index (χ0n) is 8.91. The highest BCUT2D eigenvalue weighted by Crippen LogP contribution is 2.92. The third kappa shape index (κ3) is 0.931. The average Bonchev–Trinajstić information content (AvgIpc) is 2.78. The lowest BCUT2D eigenvalue weighted by Gasteiger charge is -2.02. The minimum atomic E-state index is -1.11. The summed E-state index contributed by atoms with van der Waals surface area (Å²) < 4.78 is 0. The molecule has 0 amide bonds. The highest BCUT2D eigenvalue weighted by atomic mass is 28.3. The molecule has 0 saturated heterocycles. The topological polar surface area (TPSA) is 0 Å². The molecule has 0 atom stereocenters. The number of hydrogen-bond acceptors (Lipinski definition) is 0. The first-order valence-electron chi connectivity index (χ1n) is 5.53. The van der Waals surface area contributed by atoms with Gasteiger partial charge in [-0.15, -0.1) is 11.5 Å². The molecule has 0 aromatic rings. The van der Waals surface area contributed by atoms with Gasteiger partial charge < -0.3 is 0 Å². The van der Waals surface area contributed by atoms with Crippen LogP contribution in [0.4, 0.5) is 0 Å². The molecule has 0 heterocycles. The molecule has 3 saturated carbocycles. The van der Waals surface area contributed by atoms with E-state index in [4.69, 9.17) is 0 Å². The second-order valence-electron chi connectivity index (χ2n) is 6.26. The average molecular weight is 190 g/mol. The summed E-state index contributed by atoms with van der Waals surface area (Å²) >= 11 is 0. The summed E-state index contributed by atoms with van der Waals surface area (Å²) in [6.07, 6.45) is 5.99. The zero-order valence-corrected chi connectivity index (χ0v) is 9.91. The van der Waals surface area contributed by atoms with Gasteiger partial charge in [-0.2, -0.15) is 0 Å². The van der Waals surface area contributed by atoms with Gasteiger partial charge in [0, 0.05) is 5.92 Å². The van der Waals surface area contributed by atoms with Crippen molar-refractivity contribution in [3.05, 3.63) is 0 Å². The molecule has 3 aliphatic carbocycles. The molecule has 70 valence electrons. The van der Waals surface area contributed by atoms with Gasteiger partial charge in [-0.25, -0.2) is 0 Å². The van der Waals surface area contributed by atoms with E-state index in [1.54, 1.807) is 0 Å². The molecule has 0 radical (unpaired) electrons. The Labute approximate surface area is 82.1 Å². The van der Waals surface area contributed by atoms with Crippen molar-refractivity contribution in [1.82, 2.24) is 0 Å². The van der Waals surface area contributed by atoms with Crippen LogP contribution in [0.2, 0.25) is 19.6 Å². The Morgan fingerprint density at radius 3 is 1.77 bits per heavy atom. The molecule has 3 aliphatic rings. The van der Waals surface area contributed by atoms with Crippen molar-refractivity contribution in [2.24, 2.45) is 16.7 Å². The lowest BCUT2D eigenvalue weighted by atomic mass is 10.3. The van der Waals surface area contributed by atoms with Gasteiger partial charge in [0.25, 0.3) is 0 Å². The van der Waals surface area contributed by atoms with Gasteiger partial charge in [0.1, 0.15) is 8.07 Å². The SMILES string of the molecule is C[Si](C)(C)C#CC1C2(CC2)C12CC2. The molecule has 3 rings (SSSR count). The fourth-order valence-electron chi connectivity index (χ4n) is 3.15. The molecule has 1 heteroatoms. The molecule has 3 fully saturated rings. The molecule has 0 unspecified atom stereocenters. The van der Waals surface area contributed by atoms with Gasteiger partial charge in [-0.1, -0.05) is 19.6 Å². The van der Waals surface area contributed by atoms with Gasteiger partial charge >= 0.3 is 0 Å². The Balaban J connectivity index is 1.78. The van der Waals surface area contributed by atoms with Gasteiger partial charge in [-0.05, 0) is 36.5 Å².